The second-order valence-electron chi connectivity index (χ2n) is 4.55. The van der Waals surface area contributed by atoms with E-state index in [2.05, 4.69) is 16.6 Å². The Kier molecular flexibility index (Phi) is 5.60. The molecule has 1 aromatic rings. The monoisotopic (exact) mass is 292 g/mol. The summed E-state index contributed by atoms with van der Waals surface area (Å²) in [6.07, 6.45) is 5.89. The predicted molar refractivity (Wildman–Crippen MR) is 79.2 cm³/mol. The highest BCUT2D eigenvalue weighted by atomic mass is 35.5. The third-order valence-corrected chi connectivity index (χ3v) is 3.42. The average Bonchev–Trinajstić information content (AvgIpc) is 2.46. The number of hydrogen-bond donors (Lipinski definition) is 2. The van der Waals surface area contributed by atoms with E-state index in [4.69, 9.17) is 18.0 Å². The van der Waals surface area contributed by atoms with Gasteiger partial charge in [0.05, 0.1) is 5.54 Å². The molecular weight excluding hydrogens is 276 g/mol. The van der Waals surface area contributed by atoms with Gasteiger partial charge in [-0.15, -0.1) is 18.0 Å². The molecule has 0 saturated heterocycles. The second kappa shape index (κ2) is 6.97. The number of urea groups is 1. The van der Waals surface area contributed by atoms with Crippen LogP contribution in [0.25, 0.3) is 0 Å². The fourth-order valence-corrected chi connectivity index (χ4v) is 1.66. The van der Waals surface area contributed by atoms with E-state index in [9.17, 15) is 9.59 Å². The summed E-state index contributed by atoms with van der Waals surface area (Å²) in [7, 11) is 0. The van der Waals surface area contributed by atoms with Crippen LogP contribution in [-0.4, -0.2) is 17.5 Å². The number of hydrogen-bond acceptors (Lipinski definition) is 2. The third kappa shape index (κ3) is 4.29. The molecule has 0 unspecified atom stereocenters. The maximum atomic E-state index is 11.9. The lowest BCUT2D eigenvalue weighted by Gasteiger charge is -2.23. The predicted octanol–water partition coefficient (Wildman–Crippen LogP) is 2.59. The highest BCUT2D eigenvalue weighted by Crippen LogP contribution is 2.19. The fourth-order valence-electron chi connectivity index (χ4n) is 1.46. The Morgan fingerprint density at radius 2 is 2.00 bits per heavy atom. The molecule has 106 valence electrons. The Labute approximate surface area is 123 Å². The quantitative estimate of drug-likeness (QED) is 0.662. The summed E-state index contributed by atoms with van der Waals surface area (Å²) in [5.41, 5.74) is -0.173. The fraction of sp³-hybridized carbons (Fsp3) is 0.333. The molecule has 0 spiro atoms. The Morgan fingerprint density at radius 1 is 1.40 bits per heavy atom. The summed E-state index contributed by atoms with van der Waals surface area (Å²) in [6, 6.07) is 8.13. The van der Waals surface area contributed by atoms with E-state index in [1.165, 1.54) is 0 Å². The minimum atomic E-state index is -0.930. The number of imide groups is 1. The molecule has 0 saturated carbocycles. The van der Waals surface area contributed by atoms with Crippen molar-refractivity contribution in [3.05, 3.63) is 35.9 Å². The van der Waals surface area contributed by atoms with Crippen LogP contribution in [0.3, 0.4) is 0 Å². The number of halogens is 1. The van der Waals surface area contributed by atoms with Crippen molar-refractivity contribution in [2.75, 3.05) is 0 Å². The SMILES string of the molecule is C#C[C@@](C)(CC)NC(=O)NC(=O)[C@H](Cl)c1ccccc1. The first-order chi connectivity index (χ1) is 9.41. The molecule has 0 radical (unpaired) electrons. The van der Waals surface area contributed by atoms with Crippen LogP contribution < -0.4 is 10.6 Å². The van der Waals surface area contributed by atoms with Crippen molar-refractivity contribution < 1.29 is 9.59 Å². The van der Waals surface area contributed by atoms with Crippen molar-refractivity contribution in [2.45, 2.75) is 31.2 Å². The Hall–Kier alpha value is -1.99. The van der Waals surface area contributed by atoms with Crippen molar-refractivity contribution >= 4 is 23.5 Å². The molecule has 0 bridgehead atoms. The topological polar surface area (TPSA) is 58.2 Å². The standard InChI is InChI=1S/C15H17ClN2O2/c1-4-15(3,5-2)18-14(20)17-13(19)12(16)11-9-7-6-8-10-11/h1,6-10,12H,5H2,2-3H3,(H2,17,18,19,20)/t12-,15+/m1/s1. The van der Waals surface area contributed by atoms with Gasteiger partial charge < -0.3 is 5.32 Å². The van der Waals surface area contributed by atoms with E-state index in [1.54, 1.807) is 31.2 Å². The summed E-state index contributed by atoms with van der Waals surface area (Å²) in [6.45, 7) is 3.54. The molecule has 0 aliphatic rings. The molecule has 1 rings (SSSR count). The zero-order valence-corrected chi connectivity index (χ0v) is 12.2. The highest BCUT2D eigenvalue weighted by molar-refractivity contribution is 6.31. The number of alkyl halides is 1. The molecule has 0 aliphatic carbocycles. The van der Waals surface area contributed by atoms with Crippen LogP contribution in [0.2, 0.25) is 0 Å². The second-order valence-corrected chi connectivity index (χ2v) is 4.98. The molecule has 2 N–H and O–H groups in total. The van der Waals surface area contributed by atoms with Crippen LogP contribution in [0.5, 0.6) is 0 Å². The molecule has 0 aliphatic heterocycles. The average molecular weight is 293 g/mol. The maximum absolute atomic E-state index is 11.9. The molecule has 3 amide bonds. The molecule has 0 heterocycles. The van der Waals surface area contributed by atoms with Crippen molar-refractivity contribution in [3.8, 4) is 12.3 Å². The maximum Gasteiger partial charge on any atom is 0.322 e. The first-order valence-corrected chi connectivity index (χ1v) is 6.65. The lowest BCUT2D eigenvalue weighted by molar-refractivity contribution is -0.119. The van der Waals surface area contributed by atoms with Gasteiger partial charge in [-0.05, 0) is 18.9 Å². The summed E-state index contributed by atoms with van der Waals surface area (Å²) in [4.78, 5) is 23.6. The Bertz CT molecular complexity index is 524. The smallest absolute Gasteiger partial charge is 0.322 e. The number of amides is 3. The minimum Gasteiger partial charge on any atom is -0.322 e. The van der Waals surface area contributed by atoms with Gasteiger partial charge in [0.25, 0.3) is 5.91 Å². The van der Waals surface area contributed by atoms with Gasteiger partial charge in [-0.3, -0.25) is 10.1 Å². The number of carbonyl (C=O) groups excluding carboxylic acids is 2. The zero-order valence-electron chi connectivity index (χ0n) is 11.4. The van der Waals surface area contributed by atoms with Gasteiger partial charge in [-0.1, -0.05) is 43.2 Å². The first-order valence-electron chi connectivity index (χ1n) is 6.21. The van der Waals surface area contributed by atoms with E-state index < -0.39 is 22.9 Å². The van der Waals surface area contributed by atoms with Crippen molar-refractivity contribution in [3.63, 3.8) is 0 Å². The van der Waals surface area contributed by atoms with Crippen LogP contribution in [0.4, 0.5) is 4.79 Å². The van der Waals surface area contributed by atoms with Crippen molar-refractivity contribution in [1.29, 1.82) is 0 Å². The number of benzene rings is 1. The van der Waals surface area contributed by atoms with E-state index in [0.717, 1.165) is 0 Å². The van der Waals surface area contributed by atoms with Gasteiger partial charge in [0, 0.05) is 0 Å². The Balaban J connectivity index is 2.63. The van der Waals surface area contributed by atoms with E-state index >= 15 is 0 Å². The lowest BCUT2D eigenvalue weighted by Crippen LogP contribution is -2.51. The number of rotatable bonds is 4. The Morgan fingerprint density at radius 3 is 2.50 bits per heavy atom. The van der Waals surface area contributed by atoms with Gasteiger partial charge in [0.1, 0.15) is 5.38 Å². The molecule has 0 aromatic heterocycles. The van der Waals surface area contributed by atoms with Gasteiger partial charge in [0.15, 0.2) is 0 Å². The van der Waals surface area contributed by atoms with Gasteiger partial charge in [-0.2, -0.15) is 0 Å². The van der Waals surface area contributed by atoms with E-state index in [1.807, 2.05) is 13.0 Å². The van der Waals surface area contributed by atoms with Crippen LogP contribution in [0, 0.1) is 12.3 Å². The number of nitrogens with one attached hydrogen (secondary N) is 2. The molecule has 0 fully saturated rings. The molecule has 2 atom stereocenters. The van der Waals surface area contributed by atoms with Crippen LogP contribution in [0.1, 0.15) is 31.2 Å². The number of carbonyl (C=O) groups is 2. The number of terminal acetylenes is 1. The molecule has 5 heteroatoms. The summed E-state index contributed by atoms with van der Waals surface area (Å²) >= 11 is 6.01. The molecule has 1 aromatic carbocycles. The first kappa shape index (κ1) is 16.1. The summed E-state index contributed by atoms with van der Waals surface area (Å²) in [5.74, 6) is 1.89. The molecular formula is C15H17ClN2O2. The third-order valence-electron chi connectivity index (χ3n) is 2.97. The summed E-state index contributed by atoms with van der Waals surface area (Å²) < 4.78 is 0. The largest absolute Gasteiger partial charge is 0.322 e. The zero-order chi connectivity index (χ0) is 15.2. The normalized spacial score (nSPS) is 14.5. The van der Waals surface area contributed by atoms with Crippen molar-refractivity contribution in [1.82, 2.24) is 10.6 Å². The van der Waals surface area contributed by atoms with Crippen LogP contribution in [0.15, 0.2) is 30.3 Å². The van der Waals surface area contributed by atoms with Crippen molar-refractivity contribution in [2.24, 2.45) is 0 Å². The van der Waals surface area contributed by atoms with Gasteiger partial charge in [-0.25, -0.2) is 4.79 Å². The van der Waals surface area contributed by atoms with E-state index in [-0.39, 0.29) is 0 Å². The molecule has 20 heavy (non-hydrogen) atoms. The minimum absolute atomic E-state index is 0.550. The lowest BCUT2D eigenvalue weighted by atomic mass is 10.0. The van der Waals surface area contributed by atoms with Crippen LogP contribution in [-0.2, 0) is 4.79 Å². The van der Waals surface area contributed by atoms with Gasteiger partial charge in [0.2, 0.25) is 0 Å². The van der Waals surface area contributed by atoms with Crippen LogP contribution >= 0.6 is 11.6 Å². The van der Waals surface area contributed by atoms with Gasteiger partial charge >= 0.3 is 6.03 Å². The molecule has 4 nitrogen and oxygen atoms in total. The van der Waals surface area contributed by atoms with E-state index in [0.29, 0.717) is 12.0 Å². The highest BCUT2D eigenvalue weighted by Gasteiger charge is 2.24. The summed E-state index contributed by atoms with van der Waals surface area (Å²) in [5, 5.41) is 3.82.